The predicted octanol–water partition coefficient (Wildman–Crippen LogP) is 4.76. The lowest BCUT2D eigenvalue weighted by Gasteiger charge is -2.29. The maximum absolute atomic E-state index is 12.3. The molecule has 4 nitrogen and oxygen atoms in total. The van der Waals surface area contributed by atoms with Crippen molar-refractivity contribution in [2.45, 2.75) is 52.4 Å². The number of carboxylic acids is 1. The van der Waals surface area contributed by atoms with Gasteiger partial charge in [0, 0.05) is 22.8 Å². The van der Waals surface area contributed by atoms with Gasteiger partial charge < -0.3 is 5.11 Å². The second-order valence-corrected chi connectivity index (χ2v) is 10.3. The summed E-state index contributed by atoms with van der Waals surface area (Å²) in [5.41, 5.74) is 4.20. The number of fused-ring (bicyclic) bond motifs is 1. The molecule has 0 amide bonds. The molecule has 2 aliphatic rings. The van der Waals surface area contributed by atoms with Crippen LogP contribution in [-0.2, 0) is 19.3 Å². The van der Waals surface area contributed by atoms with Crippen molar-refractivity contribution in [1.29, 1.82) is 0 Å². The van der Waals surface area contributed by atoms with Crippen LogP contribution >= 0.6 is 11.3 Å². The summed E-state index contributed by atoms with van der Waals surface area (Å²) >= 11 is 1.71. The van der Waals surface area contributed by atoms with Gasteiger partial charge in [-0.15, -0.1) is 11.3 Å². The quantitative estimate of drug-likeness (QED) is 0.729. The molecule has 1 fully saturated rings. The van der Waals surface area contributed by atoms with E-state index in [0.717, 1.165) is 67.6 Å². The highest BCUT2D eigenvalue weighted by atomic mass is 32.1. The van der Waals surface area contributed by atoms with Crippen LogP contribution in [0.25, 0.3) is 10.4 Å². The van der Waals surface area contributed by atoms with E-state index in [-0.39, 0.29) is 5.41 Å². The third-order valence-electron chi connectivity index (χ3n) is 6.41. The molecule has 150 valence electrons. The van der Waals surface area contributed by atoms with Crippen LogP contribution < -0.4 is 5.84 Å². The molecule has 0 radical (unpaired) electrons. The average Bonchev–Trinajstić information content (AvgIpc) is 3.01. The Labute approximate surface area is 171 Å². The number of carbonyl (C=O) groups is 1. The van der Waals surface area contributed by atoms with E-state index in [9.17, 15) is 9.90 Å². The van der Waals surface area contributed by atoms with Gasteiger partial charge in [0.1, 0.15) is 0 Å². The molecule has 5 heteroatoms. The number of nitrogens with two attached hydrogens (primary N) is 1. The van der Waals surface area contributed by atoms with Crippen LogP contribution in [0.1, 0.15) is 59.5 Å². The highest BCUT2D eigenvalue weighted by molar-refractivity contribution is 7.16. The van der Waals surface area contributed by atoms with Crippen molar-refractivity contribution in [3.63, 3.8) is 0 Å². The van der Waals surface area contributed by atoms with Gasteiger partial charge in [-0.25, -0.2) is 9.80 Å². The molecule has 0 unspecified atom stereocenters. The number of aryl methyl sites for hydroxylation is 1. The molecule has 28 heavy (non-hydrogen) atoms. The smallest absolute Gasteiger partial charge is 0.337 e. The molecule has 2 heterocycles. The fraction of sp³-hybridized carbons (Fsp3) is 0.522. The van der Waals surface area contributed by atoms with E-state index in [1.54, 1.807) is 11.3 Å². The summed E-state index contributed by atoms with van der Waals surface area (Å²) in [5.74, 6) is 5.74. The van der Waals surface area contributed by atoms with Crippen molar-refractivity contribution < 1.29 is 9.90 Å². The Balaban J connectivity index is 1.72. The molecule has 1 aromatic heterocycles. The van der Waals surface area contributed by atoms with Crippen LogP contribution in [0.3, 0.4) is 0 Å². The molecule has 1 aliphatic carbocycles. The Morgan fingerprint density at radius 2 is 2.00 bits per heavy atom. The van der Waals surface area contributed by atoms with Crippen LogP contribution in [-0.4, -0.2) is 29.2 Å². The van der Waals surface area contributed by atoms with Crippen molar-refractivity contribution in [2.75, 3.05) is 13.1 Å². The van der Waals surface area contributed by atoms with Crippen molar-refractivity contribution in [2.24, 2.45) is 17.2 Å². The lowest BCUT2D eigenvalue weighted by atomic mass is 9.75. The standard InChI is InChI=1S/C23H30N2O2S/c1-23(2)10-7-19-18(14-23)20(22(26)27)21(28-19)17-6-4-3-5-16(17)13-15-8-11-25(24)12-9-15/h3-6,15H,7-14,24H2,1-2H3,(H,26,27). The molecule has 0 spiro atoms. The number of carboxylic acid groups (broad SMARTS) is 1. The molecule has 0 atom stereocenters. The highest BCUT2D eigenvalue weighted by Crippen LogP contribution is 2.46. The summed E-state index contributed by atoms with van der Waals surface area (Å²) in [6.45, 7) is 6.37. The molecule has 2 aromatic rings. The summed E-state index contributed by atoms with van der Waals surface area (Å²) in [6, 6.07) is 8.41. The normalized spacial score (nSPS) is 20.1. The van der Waals surface area contributed by atoms with Gasteiger partial charge in [0.15, 0.2) is 0 Å². The van der Waals surface area contributed by atoms with Gasteiger partial charge >= 0.3 is 5.97 Å². The molecule has 1 aliphatic heterocycles. The minimum absolute atomic E-state index is 0.172. The Bertz CT molecular complexity index is 879. The number of hydrazine groups is 1. The van der Waals surface area contributed by atoms with E-state index < -0.39 is 5.97 Å². The van der Waals surface area contributed by atoms with Crippen LogP contribution in [0, 0.1) is 11.3 Å². The molecule has 1 aromatic carbocycles. The first-order chi connectivity index (χ1) is 13.3. The minimum atomic E-state index is -0.781. The van der Waals surface area contributed by atoms with Crippen molar-refractivity contribution >= 4 is 17.3 Å². The molecule has 1 saturated heterocycles. The number of hydrogen-bond acceptors (Lipinski definition) is 4. The largest absolute Gasteiger partial charge is 0.478 e. The van der Waals surface area contributed by atoms with E-state index in [1.165, 1.54) is 10.4 Å². The topological polar surface area (TPSA) is 66.6 Å². The van der Waals surface area contributed by atoms with Crippen molar-refractivity contribution in [1.82, 2.24) is 5.01 Å². The first-order valence-electron chi connectivity index (χ1n) is 10.3. The second kappa shape index (κ2) is 7.62. The van der Waals surface area contributed by atoms with Crippen molar-refractivity contribution in [3.8, 4) is 10.4 Å². The molecule has 0 bridgehead atoms. The first-order valence-corrected chi connectivity index (χ1v) is 11.1. The van der Waals surface area contributed by atoms with E-state index in [4.69, 9.17) is 5.84 Å². The molecular formula is C23H30N2O2S. The van der Waals surface area contributed by atoms with E-state index >= 15 is 0 Å². The zero-order valence-electron chi connectivity index (χ0n) is 16.8. The lowest BCUT2D eigenvalue weighted by Crippen LogP contribution is -2.39. The Morgan fingerprint density at radius 1 is 1.29 bits per heavy atom. The Morgan fingerprint density at radius 3 is 2.71 bits per heavy atom. The van der Waals surface area contributed by atoms with E-state index in [0.29, 0.717) is 11.5 Å². The third kappa shape index (κ3) is 3.88. The van der Waals surface area contributed by atoms with E-state index in [2.05, 4.69) is 32.0 Å². The summed E-state index contributed by atoms with van der Waals surface area (Å²) in [7, 11) is 0. The number of nitrogens with zero attached hydrogens (tertiary/aromatic N) is 1. The SMILES string of the molecule is CC1(C)CCc2sc(-c3ccccc3CC3CCN(N)CC3)c(C(=O)O)c2C1. The number of hydrogen-bond donors (Lipinski definition) is 2. The lowest BCUT2D eigenvalue weighted by molar-refractivity contribution is 0.0696. The number of benzene rings is 1. The molecule has 0 saturated carbocycles. The van der Waals surface area contributed by atoms with Crippen LogP contribution in [0.4, 0.5) is 0 Å². The second-order valence-electron chi connectivity index (χ2n) is 9.19. The number of rotatable bonds is 4. The fourth-order valence-corrected chi connectivity index (χ4v) is 6.09. The minimum Gasteiger partial charge on any atom is -0.478 e. The van der Waals surface area contributed by atoms with Gasteiger partial charge in [0.25, 0.3) is 0 Å². The Hall–Kier alpha value is -1.69. The highest BCUT2D eigenvalue weighted by Gasteiger charge is 2.33. The number of piperidine rings is 1. The van der Waals surface area contributed by atoms with Gasteiger partial charge in [-0.05, 0) is 66.5 Å². The summed E-state index contributed by atoms with van der Waals surface area (Å²) < 4.78 is 0. The Kier molecular flexibility index (Phi) is 5.34. The maximum Gasteiger partial charge on any atom is 0.337 e. The zero-order chi connectivity index (χ0) is 19.9. The number of thiophene rings is 1. The van der Waals surface area contributed by atoms with Crippen LogP contribution in [0.2, 0.25) is 0 Å². The summed E-state index contributed by atoms with van der Waals surface area (Å²) in [4.78, 5) is 14.5. The van der Waals surface area contributed by atoms with Crippen molar-refractivity contribution in [3.05, 3.63) is 45.8 Å². The zero-order valence-corrected chi connectivity index (χ0v) is 17.6. The molecular weight excluding hydrogens is 368 g/mol. The van der Waals surface area contributed by atoms with Gasteiger partial charge in [-0.1, -0.05) is 38.1 Å². The average molecular weight is 399 g/mol. The van der Waals surface area contributed by atoms with Gasteiger partial charge in [-0.2, -0.15) is 0 Å². The summed E-state index contributed by atoms with van der Waals surface area (Å²) in [6.07, 6.45) is 6.18. The third-order valence-corrected chi connectivity index (χ3v) is 7.73. The van der Waals surface area contributed by atoms with Crippen LogP contribution in [0.5, 0.6) is 0 Å². The van der Waals surface area contributed by atoms with E-state index in [1.807, 2.05) is 11.1 Å². The van der Waals surface area contributed by atoms with Gasteiger partial charge in [0.05, 0.1) is 5.56 Å². The summed E-state index contributed by atoms with van der Waals surface area (Å²) in [5, 5.41) is 12.0. The van der Waals surface area contributed by atoms with Gasteiger partial charge in [0.2, 0.25) is 0 Å². The fourth-order valence-electron chi connectivity index (χ4n) is 4.72. The van der Waals surface area contributed by atoms with Gasteiger partial charge in [-0.3, -0.25) is 5.84 Å². The maximum atomic E-state index is 12.3. The predicted molar refractivity (Wildman–Crippen MR) is 115 cm³/mol. The number of aromatic carboxylic acids is 1. The first kappa shape index (κ1) is 19.6. The van der Waals surface area contributed by atoms with Crippen LogP contribution in [0.15, 0.2) is 24.3 Å². The molecule has 4 rings (SSSR count). The monoisotopic (exact) mass is 398 g/mol. The molecule has 3 N–H and O–H groups in total.